The Morgan fingerprint density at radius 3 is 1.97 bits per heavy atom. The number of aromatic amines is 1. The van der Waals surface area contributed by atoms with Crippen molar-refractivity contribution in [1.29, 1.82) is 0 Å². The molecule has 1 N–H and O–H groups in total. The van der Waals surface area contributed by atoms with Crippen LogP contribution >= 0.6 is 34.2 Å². The smallest absolute Gasteiger partial charge is 0.142 e. The molecule has 0 aliphatic carbocycles. The Kier molecular flexibility index (Phi) is 6.36. The second kappa shape index (κ2) is 9.33. The summed E-state index contributed by atoms with van der Waals surface area (Å²) in [5.41, 5.74) is 3.77. The monoisotopic (exact) mass is 516 g/mol. The molecule has 3 aromatic carbocycles. The van der Waals surface area contributed by atoms with Crippen molar-refractivity contribution in [3.05, 3.63) is 98.7 Å². The molecule has 0 atom stereocenters. The summed E-state index contributed by atoms with van der Waals surface area (Å²) in [6, 6.07) is 23.7. The van der Waals surface area contributed by atoms with Crippen LogP contribution < -0.4 is 9.47 Å². The molecule has 4 nitrogen and oxygen atoms in total. The van der Waals surface area contributed by atoms with Crippen LogP contribution in [-0.4, -0.2) is 10.2 Å². The number of nitrogens with one attached hydrogen (secondary N) is 1. The molecule has 29 heavy (non-hydrogen) atoms. The lowest BCUT2D eigenvalue weighted by Gasteiger charge is -2.15. The van der Waals surface area contributed by atoms with Gasteiger partial charge >= 0.3 is 0 Å². The molecule has 4 aromatic rings. The van der Waals surface area contributed by atoms with Crippen LogP contribution in [0.1, 0.15) is 11.1 Å². The molecule has 0 saturated carbocycles. The van der Waals surface area contributed by atoms with Gasteiger partial charge in [0.15, 0.2) is 0 Å². The van der Waals surface area contributed by atoms with Crippen molar-refractivity contribution in [2.45, 2.75) is 13.2 Å². The summed E-state index contributed by atoms with van der Waals surface area (Å²) in [4.78, 5) is 0. The number of benzene rings is 3. The van der Waals surface area contributed by atoms with Gasteiger partial charge in [0.25, 0.3) is 0 Å². The fraction of sp³-hybridized carbons (Fsp3) is 0.0870. The van der Waals surface area contributed by atoms with E-state index in [0.717, 1.165) is 26.0 Å². The first-order chi connectivity index (χ1) is 14.2. The molecule has 1 aromatic heterocycles. The van der Waals surface area contributed by atoms with Gasteiger partial charge in [-0.2, -0.15) is 5.10 Å². The van der Waals surface area contributed by atoms with Crippen LogP contribution in [0.3, 0.4) is 0 Å². The number of H-pyrrole nitrogens is 1. The number of hydrogen-bond acceptors (Lipinski definition) is 3. The molecular formula is C23H18ClIN2O2. The van der Waals surface area contributed by atoms with Crippen LogP contribution in [0.4, 0.5) is 0 Å². The second-order valence-electron chi connectivity index (χ2n) is 6.41. The van der Waals surface area contributed by atoms with Crippen LogP contribution in [0.2, 0.25) is 5.02 Å². The molecule has 6 heteroatoms. The summed E-state index contributed by atoms with van der Waals surface area (Å²) in [6.45, 7) is 0.868. The predicted molar refractivity (Wildman–Crippen MR) is 123 cm³/mol. The highest BCUT2D eigenvalue weighted by Gasteiger charge is 2.17. The molecule has 0 aliphatic rings. The Balaban J connectivity index is 1.64. The highest BCUT2D eigenvalue weighted by atomic mass is 127. The van der Waals surface area contributed by atoms with E-state index < -0.39 is 0 Å². The Morgan fingerprint density at radius 1 is 0.828 bits per heavy atom. The third-order valence-electron chi connectivity index (χ3n) is 4.36. The summed E-state index contributed by atoms with van der Waals surface area (Å²) in [7, 11) is 0. The van der Waals surface area contributed by atoms with Crippen LogP contribution in [0.25, 0.3) is 11.3 Å². The third kappa shape index (κ3) is 4.92. The Hall–Kier alpha value is -2.51. The zero-order valence-corrected chi connectivity index (χ0v) is 18.4. The molecule has 0 radical (unpaired) electrons. The van der Waals surface area contributed by atoms with Gasteiger partial charge in [0.1, 0.15) is 30.4 Å². The number of rotatable bonds is 7. The largest absolute Gasteiger partial charge is 0.488 e. The van der Waals surface area contributed by atoms with E-state index in [9.17, 15) is 0 Å². The molecule has 0 spiro atoms. The normalized spacial score (nSPS) is 10.7. The van der Waals surface area contributed by atoms with Crippen molar-refractivity contribution in [1.82, 2.24) is 10.2 Å². The van der Waals surface area contributed by atoms with Crippen LogP contribution in [0.5, 0.6) is 11.5 Å². The minimum atomic E-state index is 0.429. The Labute approximate surface area is 188 Å². The topological polar surface area (TPSA) is 47.1 Å². The molecule has 4 rings (SSSR count). The molecule has 0 unspecified atom stereocenters. The van der Waals surface area contributed by atoms with Crippen molar-refractivity contribution in [2.24, 2.45) is 0 Å². The second-order valence-corrected chi connectivity index (χ2v) is 7.98. The van der Waals surface area contributed by atoms with Crippen LogP contribution in [-0.2, 0) is 13.2 Å². The standard InChI is InChI=1S/C23H18ClIN2O2/c24-19-11-18(23-20(25)13-26-27-23)21(28-14-16-7-3-1-4-8-16)12-22(19)29-15-17-9-5-2-6-10-17/h1-13H,14-15H2,(H,26,27). The average molecular weight is 517 g/mol. The van der Waals surface area contributed by atoms with E-state index in [1.54, 1.807) is 0 Å². The van der Waals surface area contributed by atoms with Crippen LogP contribution in [0, 0.1) is 3.57 Å². The van der Waals surface area contributed by atoms with Crippen molar-refractivity contribution >= 4 is 34.2 Å². The van der Waals surface area contributed by atoms with Gasteiger partial charge in [0, 0.05) is 17.8 Å². The highest BCUT2D eigenvalue weighted by Crippen LogP contribution is 2.40. The molecular weight excluding hydrogens is 499 g/mol. The third-order valence-corrected chi connectivity index (χ3v) is 5.48. The first kappa shape index (κ1) is 19.8. The van der Waals surface area contributed by atoms with Crippen molar-refractivity contribution in [3.8, 4) is 22.8 Å². The highest BCUT2D eigenvalue weighted by molar-refractivity contribution is 14.1. The number of aromatic nitrogens is 2. The first-order valence-electron chi connectivity index (χ1n) is 9.07. The van der Waals surface area contributed by atoms with Gasteiger partial charge in [-0.1, -0.05) is 72.3 Å². The molecule has 0 fully saturated rings. The number of ether oxygens (including phenoxy) is 2. The van der Waals surface area contributed by atoms with Gasteiger partial charge in [-0.05, 0) is 39.8 Å². The van der Waals surface area contributed by atoms with Crippen LogP contribution in [0.15, 0.2) is 79.0 Å². The lowest BCUT2D eigenvalue weighted by molar-refractivity contribution is 0.291. The molecule has 0 aliphatic heterocycles. The van der Waals surface area contributed by atoms with Gasteiger partial charge in [-0.15, -0.1) is 0 Å². The SMILES string of the molecule is Clc1cc(-c2n[nH]cc2I)c(OCc2ccccc2)cc1OCc1ccccc1. The zero-order chi connectivity index (χ0) is 20.1. The van der Waals surface area contributed by atoms with Gasteiger partial charge in [-0.3, -0.25) is 5.10 Å². The lowest BCUT2D eigenvalue weighted by atomic mass is 10.1. The van der Waals surface area contributed by atoms with E-state index in [0.29, 0.717) is 29.7 Å². The molecule has 0 bridgehead atoms. The summed E-state index contributed by atoms with van der Waals surface area (Å²) >= 11 is 8.77. The maximum absolute atomic E-state index is 6.53. The van der Waals surface area contributed by atoms with Gasteiger partial charge < -0.3 is 9.47 Å². The van der Waals surface area contributed by atoms with E-state index in [1.165, 1.54) is 0 Å². The quantitative estimate of drug-likeness (QED) is 0.286. The van der Waals surface area contributed by atoms with E-state index in [4.69, 9.17) is 21.1 Å². The summed E-state index contributed by atoms with van der Waals surface area (Å²) in [5.74, 6) is 1.25. The number of hydrogen-bond donors (Lipinski definition) is 1. The van der Waals surface area contributed by atoms with E-state index in [2.05, 4.69) is 32.8 Å². The summed E-state index contributed by atoms with van der Waals surface area (Å²) in [5, 5.41) is 7.76. The Morgan fingerprint density at radius 2 is 1.41 bits per heavy atom. The fourth-order valence-electron chi connectivity index (χ4n) is 2.88. The Bertz CT molecular complexity index is 1080. The molecule has 1 heterocycles. The van der Waals surface area contributed by atoms with E-state index >= 15 is 0 Å². The van der Waals surface area contributed by atoms with Gasteiger partial charge in [0.2, 0.25) is 0 Å². The molecule has 0 saturated heterocycles. The maximum Gasteiger partial charge on any atom is 0.142 e. The maximum atomic E-state index is 6.53. The number of nitrogens with zero attached hydrogens (tertiary/aromatic N) is 1. The van der Waals surface area contributed by atoms with Crippen molar-refractivity contribution in [3.63, 3.8) is 0 Å². The summed E-state index contributed by atoms with van der Waals surface area (Å²) < 4.78 is 13.1. The van der Waals surface area contributed by atoms with E-state index in [-0.39, 0.29) is 0 Å². The fourth-order valence-corrected chi connectivity index (χ4v) is 3.65. The lowest BCUT2D eigenvalue weighted by Crippen LogP contribution is -2.00. The zero-order valence-electron chi connectivity index (χ0n) is 15.4. The van der Waals surface area contributed by atoms with Crippen molar-refractivity contribution < 1.29 is 9.47 Å². The minimum absolute atomic E-state index is 0.429. The van der Waals surface area contributed by atoms with Gasteiger partial charge in [0.05, 0.1) is 8.59 Å². The van der Waals surface area contributed by atoms with Crippen molar-refractivity contribution in [2.75, 3.05) is 0 Å². The molecule has 146 valence electrons. The van der Waals surface area contributed by atoms with Gasteiger partial charge in [-0.25, -0.2) is 0 Å². The average Bonchev–Trinajstić information content (AvgIpc) is 3.19. The molecule has 0 amide bonds. The van der Waals surface area contributed by atoms with E-state index in [1.807, 2.05) is 79.0 Å². The first-order valence-corrected chi connectivity index (χ1v) is 10.5. The summed E-state index contributed by atoms with van der Waals surface area (Å²) in [6.07, 6.45) is 1.84. The minimum Gasteiger partial charge on any atom is -0.488 e. The number of halogens is 2. The predicted octanol–water partition coefficient (Wildman–Crippen LogP) is 6.49.